The lowest BCUT2D eigenvalue weighted by Gasteiger charge is -2.15. The topological polar surface area (TPSA) is 91.6 Å². The summed E-state index contributed by atoms with van der Waals surface area (Å²) >= 11 is 0. The largest absolute Gasteiger partial charge is 0.466 e. The van der Waals surface area contributed by atoms with Crippen molar-refractivity contribution >= 4 is 11.7 Å². The van der Waals surface area contributed by atoms with E-state index in [9.17, 15) is 32.5 Å². The first-order chi connectivity index (χ1) is 9.69. The molecular formula is C10H8F4N2O5. The van der Waals surface area contributed by atoms with Crippen molar-refractivity contribution in [2.75, 3.05) is 13.7 Å². The van der Waals surface area contributed by atoms with Crippen LogP contribution < -0.4 is 4.74 Å². The van der Waals surface area contributed by atoms with Crippen molar-refractivity contribution in [3.63, 3.8) is 0 Å². The van der Waals surface area contributed by atoms with Gasteiger partial charge in [0, 0.05) is 6.07 Å². The van der Waals surface area contributed by atoms with E-state index in [0.717, 1.165) is 19.2 Å². The smallest absolute Gasteiger partial charge is 0.356 e. The first-order valence-electron chi connectivity index (χ1n) is 5.21. The van der Waals surface area contributed by atoms with E-state index in [1.807, 2.05) is 0 Å². The van der Waals surface area contributed by atoms with Gasteiger partial charge >= 0.3 is 24.0 Å². The summed E-state index contributed by atoms with van der Waals surface area (Å²) in [6.07, 6.45) is -4.01. The first-order valence-corrected chi connectivity index (χ1v) is 5.21. The number of halogens is 4. The van der Waals surface area contributed by atoms with E-state index in [1.165, 1.54) is 0 Å². The van der Waals surface area contributed by atoms with Crippen LogP contribution in [-0.4, -0.2) is 41.9 Å². The molecule has 11 heteroatoms. The molecule has 1 aromatic heterocycles. The summed E-state index contributed by atoms with van der Waals surface area (Å²) in [5.74, 6) is -6.50. The summed E-state index contributed by atoms with van der Waals surface area (Å²) in [5, 5.41) is 10.7. The molecule has 0 N–H and O–H groups in total. The Kier molecular flexibility index (Phi) is 5.00. The quantitative estimate of drug-likeness (QED) is 0.345. The second-order valence-electron chi connectivity index (χ2n) is 3.62. The lowest BCUT2D eigenvalue weighted by Crippen LogP contribution is -2.34. The third-order valence-corrected chi connectivity index (χ3v) is 2.15. The molecule has 0 aliphatic carbocycles. The van der Waals surface area contributed by atoms with E-state index in [2.05, 4.69) is 14.5 Å². The number of pyridine rings is 1. The van der Waals surface area contributed by atoms with Crippen molar-refractivity contribution in [2.24, 2.45) is 0 Å². The maximum Gasteiger partial charge on any atom is 0.356 e. The highest BCUT2D eigenvalue weighted by molar-refractivity contribution is 5.87. The van der Waals surface area contributed by atoms with Crippen LogP contribution in [-0.2, 0) is 4.74 Å². The van der Waals surface area contributed by atoms with E-state index >= 15 is 0 Å². The number of ether oxygens (including phenoxy) is 2. The third-order valence-electron chi connectivity index (χ3n) is 2.15. The van der Waals surface area contributed by atoms with E-state index in [4.69, 9.17) is 0 Å². The van der Waals surface area contributed by atoms with Gasteiger partial charge in [-0.3, -0.25) is 10.1 Å². The lowest BCUT2D eigenvalue weighted by molar-refractivity contribution is -0.386. The summed E-state index contributed by atoms with van der Waals surface area (Å²) < 4.78 is 58.0. The maximum atomic E-state index is 12.7. The van der Waals surface area contributed by atoms with Crippen LogP contribution in [0.3, 0.4) is 0 Å². The zero-order valence-corrected chi connectivity index (χ0v) is 10.4. The molecular weight excluding hydrogens is 304 g/mol. The number of nitrogens with zero attached hydrogens (tertiary/aromatic N) is 2. The minimum Gasteiger partial charge on any atom is -0.466 e. The van der Waals surface area contributed by atoms with E-state index in [0.29, 0.717) is 0 Å². The molecule has 1 heterocycles. The van der Waals surface area contributed by atoms with E-state index in [-0.39, 0.29) is 0 Å². The molecule has 0 bridgehead atoms. The van der Waals surface area contributed by atoms with E-state index in [1.54, 1.807) is 0 Å². The van der Waals surface area contributed by atoms with Crippen LogP contribution in [0.2, 0.25) is 0 Å². The summed E-state index contributed by atoms with van der Waals surface area (Å²) in [6.45, 7) is -1.83. The molecule has 116 valence electrons. The van der Waals surface area contributed by atoms with Crippen LogP contribution in [0.25, 0.3) is 0 Å². The van der Waals surface area contributed by atoms with Crippen molar-refractivity contribution in [1.82, 2.24) is 4.98 Å². The van der Waals surface area contributed by atoms with Crippen LogP contribution in [0.5, 0.6) is 5.88 Å². The number of hydrogen-bond donors (Lipinski definition) is 0. The molecule has 0 unspecified atom stereocenters. The molecule has 0 aromatic carbocycles. The number of carbonyl (C=O) groups excluding carboxylic acids is 1. The van der Waals surface area contributed by atoms with Crippen molar-refractivity contribution in [2.45, 2.75) is 12.3 Å². The second-order valence-corrected chi connectivity index (χ2v) is 3.62. The standard InChI is InChI=1S/C10H8F4N2O5/c1-20-8(17)5-2-3-6(16(18)19)7(15-5)21-4-10(13,14)9(11)12/h2-3,9H,4H2,1H3. The number of esters is 1. The van der Waals surface area contributed by atoms with Gasteiger partial charge in [-0.25, -0.2) is 18.6 Å². The van der Waals surface area contributed by atoms with Gasteiger partial charge in [-0.2, -0.15) is 8.78 Å². The molecule has 0 saturated carbocycles. The summed E-state index contributed by atoms with van der Waals surface area (Å²) in [6, 6.07) is 1.66. The number of aromatic nitrogens is 1. The Hall–Kier alpha value is -2.46. The molecule has 1 rings (SSSR count). The van der Waals surface area contributed by atoms with Gasteiger partial charge < -0.3 is 9.47 Å². The van der Waals surface area contributed by atoms with Gasteiger partial charge in [0.05, 0.1) is 12.0 Å². The SMILES string of the molecule is COC(=O)c1ccc([N+](=O)[O-])c(OCC(F)(F)C(F)F)n1. The minimum atomic E-state index is -4.52. The van der Waals surface area contributed by atoms with Crippen molar-refractivity contribution in [3.05, 3.63) is 27.9 Å². The Morgan fingerprint density at radius 1 is 1.48 bits per heavy atom. The fourth-order valence-electron chi connectivity index (χ4n) is 1.12. The van der Waals surface area contributed by atoms with E-state index < -0.39 is 47.1 Å². The molecule has 0 aliphatic heterocycles. The average molecular weight is 312 g/mol. The summed E-state index contributed by atoms with van der Waals surface area (Å²) in [7, 11) is 0.997. The van der Waals surface area contributed by atoms with Crippen LogP contribution in [0.15, 0.2) is 12.1 Å². The second kappa shape index (κ2) is 6.33. The van der Waals surface area contributed by atoms with Gasteiger partial charge in [0.2, 0.25) is 0 Å². The van der Waals surface area contributed by atoms with Gasteiger partial charge in [0.1, 0.15) is 0 Å². The normalized spacial score (nSPS) is 11.3. The third kappa shape index (κ3) is 4.00. The summed E-state index contributed by atoms with van der Waals surface area (Å²) in [5.41, 5.74) is -1.31. The van der Waals surface area contributed by atoms with Crippen LogP contribution in [0.4, 0.5) is 23.2 Å². The number of alkyl halides is 4. The minimum absolute atomic E-state index is 0.460. The highest BCUT2D eigenvalue weighted by Crippen LogP contribution is 2.28. The van der Waals surface area contributed by atoms with Gasteiger partial charge in [-0.1, -0.05) is 0 Å². The van der Waals surface area contributed by atoms with Crippen LogP contribution >= 0.6 is 0 Å². The predicted molar refractivity (Wildman–Crippen MR) is 58.7 cm³/mol. The average Bonchev–Trinajstić information content (AvgIpc) is 2.43. The number of hydrogen-bond acceptors (Lipinski definition) is 6. The first kappa shape index (κ1) is 16.6. The van der Waals surface area contributed by atoms with Gasteiger partial charge in [0.25, 0.3) is 5.88 Å². The lowest BCUT2D eigenvalue weighted by atomic mass is 10.3. The number of rotatable bonds is 6. The molecule has 0 fully saturated rings. The molecule has 0 radical (unpaired) electrons. The highest BCUT2D eigenvalue weighted by atomic mass is 19.3. The Morgan fingerprint density at radius 3 is 2.57 bits per heavy atom. The van der Waals surface area contributed by atoms with Crippen molar-refractivity contribution in [1.29, 1.82) is 0 Å². The maximum absolute atomic E-state index is 12.7. The van der Waals surface area contributed by atoms with Crippen molar-refractivity contribution < 1.29 is 36.8 Å². The molecule has 0 amide bonds. The molecule has 0 spiro atoms. The molecule has 7 nitrogen and oxygen atoms in total. The monoisotopic (exact) mass is 312 g/mol. The number of methoxy groups -OCH3 is 1. The molecule has 0 aliphatic rings. The predicted octanol–water partition coefficient (Wildman–Crippen LogP) is 2.06. The molecule has 1 aromatic rings. The Balaban J connectivity index is 3.07. The zero-order chi connectivity index (χ0) is 16.2. The van der Waals surface area contributed by atoms with Crippen LogP contribution in [0.1, 0.15) is 10.5 Å². The van der Waals surface area contributed by atoms with Gasteiger partial charge in [-0.15, -0.1) is 0 Å². The fraction of sp³-hybridized carbons (Fsp3) is 0.400. The Bertz CT molecular complexity index is 552. The zero-order valence-electron chi connectivity index (χ0n) is 10.4. The summed E-state index contributed by atoms with van der Waals surface area (Å²) in [4.78, 5) is 24.1. The number of carbonyl (C=O) groups is 1. The Labute approximate surface area is 114 Å². The fourth-order valence-corrected chi connectivity index (χ4v) is 1.12. The highest BCUT2D eigenvalue weighted by Gasteiger charge is 2.42. The molecule has 0 saturated heterocycles. The molecule has 0 atom stereocenters. The van der Waals surface area contributed by atoms with Crippen molar-refractivity contribution in [3.8, 4) is 5.88 Å². The Morgan fingerprint density at radius 2 is 2.10 bits per heavy atom. The van der Waals surface area contributed by atoms with Gasteiger partial charge in [-0.05, 0) is 6.07 Å². The van der Waals surface area contributed by atoms with Crippen LogP contribution in [0, 0.1) is 10.1 Å². The molecule has 21 heavy (non-hydrogen) atoms. The number of nitro groups is 1. The van der Waals surface area contributed by atoms with Gasteiger partial charge in [0.15, 0.2) is 12.3 Å².